The van der Waals surface area contributed by atoms with Crippen molar-refractivity contribution in [3.8, 4) is 11.5 Å². The van der Waals surface area contributed by atoms with E-state index in [0.29, 0.717) is 17.0 Å². The monoisotopic (exact) mass is 362 g/mol. The predicted octanol–water partition coefficient (Wildman–Crippen LogP) is 4.06. The van der Waals surface area contributed by atoms with E-state index >= 15 is 0 Å². The zero-order valence-electron chi connectivity index (χ0n) is 14.7. The molecule has 0 spiro atoms. The van der Waals surface area contributed by atoms with Crippen molar-refractivity contribution in [2.75, 3.05) is 5.32 Å². The van der Waals surface area contributed by atoms with Gasteiger partial charge >= 0.3 is 5.97 Å². The minimum absolute atomic E-state index is 0.340. The van der Waals surface area contributed by atoms with E-state index in [0.717, 1.165) is 5.75 Å². The lowest BCUT2D eigenvalue weighted by atomic mass is 10.2. The second-order valence-electron chi connectivity index (χ2n) is 5.71. The maximum Gasteiger partial charge on any atom is 0.339 e. The smallest absolute Gasteiger partial charge is 0.339 e. The number of benzene rings is 2. The van der Waals surface area contributed by atoms with E-state index in [1.165, 1.54) is 31.5 Å². The normalized spacial score (nSPS) is 11.3. The fourth-order valence-electron chi connectivity index (χ4n) is 2.24. The number of hydrogen-bond donors (Lipinski definition) is 1. The lowest BCUT2D eigenvalue weighted by Gasteiger charge is -2.14. The molecule has 27 heavy (non-hydrogen) atoms. The molecule has 1 atom stereocenters. The molecule has 0 fully saturated rings. The van der Waals surface area contributed by atoms with Crippen LogP contribution in [0.3, 0.4) is 0 Å². The molecular weight excluding hydrogens is 344 g/mol. The Morgan fingerprint density at radius 2 is 1.52 bits per heavy atom. The number of esters is 1. The van der Waals surface area contributed by atoms with E-state index in [2.05, 4.69) is 10.3 Å². The molecule has 0 saturated heterocycles. The molecule has 0 bridgehead atoms. The number of hydrogen-bond acceptors (Lipinski definition) is 5. The fraction of sp³-hybridized carbons (Fsp3) is 0.0952. The summed E-state index contributed by atoms with van der Waals surface area (Å²) in [5, 5.41) is 2.71. The van der Waals surface area contributed by atoms with Crippen LogP contribution >= 0.6 is 0 Å². The molecule has 0 radical (unpaired) electrons. The summed E-state index contributed by atoms with van der Waals surface area (Å²) in [7, 11) is 0. The summed E-state index contributed by atoms with van der Waals surface area (Å²) in [6.45, 7) is 1.52. The lowest BCUT2D eigenvalue weighted by Crippen LogP contribution is -2.30. The number of pyridine rings is 1. The minimum atomic E-state index is -0.939. The van der Waals surface area contributed by atoms with Crippen LogP contribution in [0.15, 0.2) is 79.1 Å². The highest BCUT2D eigenvalue weighted by Gasteiger charge is 2.19. The van der Waals surface area contributed by atoms with Gasteiger partial charge in [0.15, 0.2) is 6.10 Å². The minimum Gasteiger partial charge on any atom is -0.457 e. The van der Waals surface area contributed by atoms with E-state index < -0.39 is 18.0 Å². The third kappa shape index (κ3) is 5.15. The standard InChI is InChI=1S/C21H18N2O4/c1-15(26-21(25)16-11-13-22-14-12-16)20(24)23-17-7-9-19(10-8-17)27-18-5-3-2-4-6-18/h2-15H,1H3,(H,23,24)/t15-/m0/s1. The van der Waals surface area contributed by atoms with Crippen LogP contribution in [0.4, 0.5) is 5.69 Å². The van der Waals surface area contributed by atoms with Gasteiger partial charge in [-0.25, -0.2) is 4.79 Å². The molecule has 0 aliphatic carbocycles. The quantitative estimate of drug-likeness (QED) is 0.669. The summed E-state index contributed by atoms with van der Waals surface area (Å²) >= 11 is 0. The number of anilines is 1. The highest BCUT2D eigenvalue weighted by atomic mass is 16.5. The van der Waals surface area contributed by atoms with Gasteiger partial charge in [-0.3, -0.25) is 9.78 Å². The molecule has 0 aliphatic rings. The van der Waals surface area contributed by atoms with Crippen LogP contribution in [0.25, 0.3) is 0 Å². The first-order valence-electron chi connectivity index (χ1n) is 8.36. The Kier molecular flexibility index (Phi) is 5.79. The van der Waals surface area contributed by atoms with Crippen LogP contribution in [0, 0.1) is 0 Å². The van der Waals surface area contributed by atoms with Crippen molar-refractivity contribution in [2.45, 2.75) is 13.0 Å². The van der Waals surface area contributed by atoms with Gasteiger partial charge in [-0.15, -0.1) is 0 Å². The number of carbonyl (C=O) groups excluding carboxylic acids is 2. The average Bonchev–Trinajstić information content (AvgIpc) is 2.71. The Morgan fingerprint density at radius 3 is 2.19 bits per heavy atom. The first kappa shape index (κ1) is 18.1. The summed E-state index contributed by atoms with van der Waals surface area (Å²) in [6, 6.07) is 19.4. The Hall–Kier alpha value is -3.67. The Balaban J connectivity index is 1.55. The largest absolute Gasteiger partial charge is 0.457 e. The van der Waals surface area contributed by atoms with Crippen LogP contribution in [0.1, 0.15) is 17.3 Å². The van der Waals surface area contributed by atoms with E-state index in [4.69, 9.17) is 9.47 Å². The molecule has 1 heterocycles. The lowest BCUT2D eigenvalue weighted by molar-refractivity contribution is -0.123. The van der Waals surface area contributed by atoms with Crippen LogP contribution in [-0.2, 0) is 9.53 Å². The zero-order chi connectivity index (χ0) is 19.1. The van der Waals surface area contributed by atoms with E-state index in [1.54, 1.807) is 24.3 Å². The third-order valence-electron chi connectivity index (χ3n) is 3.67. The van der Waals surface area contributed by atoms with Gasteiger partial charge in [-0.2, -0.15) is 0 Å². The van der Waals surface area contributed by atoms with Crippen LogP contribution in [-0.4, -0.2) is 23.0 Å². The molecule has 6 heteroatoms. The Morgan fingerprint density at radius 1 is 0.889 bits per heavy atom. The highest BCUT2D eigenvalue weighted by Crippen LogP contribution is 2.22. The molecule has 136 valence electrons. The van der Waals surface area contributed by atoms with E-state index in [1.807, 2.05) is 30.3 Å². The van der Waals surface area contributed by atoms with Gasteiger partial charge in [0.1, 0.15) is 11.5 Å². The summed E-state index contributed by atoms with van der Waals surface area (Å²) in [4.78, 5) is 28.0. The van der Waals surface area contributed by atoms with Gasteiger partial charge < -0.3 is 14.8 Å². The highest BCUT2D eigenvalue weighted by molar-refractivity contribution is 5.97. The van der Waals surface area contributed by atoms with Gasteiger partial charge in [-0.05, 0) is 55.5 Å². The van der Waals surface area contributed by atoms with Crippen molar-refractivity contribution < 1.29 is 19.1 Å². The first-order chi connectivity index (χ1) is 13.1. The summed E-state index contributed by atoms with van der Waals surface area (Å²) in [5.41, 5.74) is 0.916. The molecule has 3 aromatic rings. The van der Waals surface area contributed by atoms with Crippen molar-refractivity contribution in [1.29, 1.82) is 0 Å². The summed E-state index contributed by atoms with van der Waals surface area (Å²) in [6.07, 6.45) is 2.03. The maximum absolute atomic E-state index is 12.2. The summed E-state index contributed by atoms with van der Waals surface area (Å²) < 4.78 is 10.9. The number of carbonyl (C=O) groups is 2. The molecule has 1 aromatic heterocycles. The topological polar surface area (TPSA) is 77.5 Å². The maximum atomic E-state index is 12.2. The molecule has 3 rings (SSSR count). The predicted molar refractivity (Wildman–Crippen MR) is 101 cm³/mol. The molecule has 2 aromatic carbocycles. The molecule has 6 nitrogen and oxygen atoms in total. The number of amides is 1. The Bertz CT molecular complexity index is 896. The molecule has 1 N–H and O–H groups in total. The van der Waals surface area contributed by atoms with Gasteiger partial charge in [0, 0.05) is 18.1 Å². The molecule has 1 amide bonds. The first-order valence-corrected chi connectivity index (χ1v) is 8.36. The second kappa shape index (κ2) is 8.62. The second-order valence-corrected chi connectivity index (χ2v) is 5.71. The van der Waals surface area contributed by atoms with E-state index in [9.17, 15) is 9.59 Å². The summed E-state index contributed by atoms with van der Waals surface area (Å²) in [5.74, 6) is 0.378. The van der Waals surface area contributed by atoms with Gasteiger partial charge in [0.25, 0.3) is 5.91 Å². The SMILES string of the molecule is C[C@H](OC(=O)c1ccncc1)C(=O)Nc1ccc(Oc2ccccc2)cc1. The number of nitrogens with one attached hydrogen (secondary N) is 1. The molecule has 0 saturated carbocycles. The van der Waals surface area contributed by atoms with Gasteiger partial charge in [0.2, 0.25) is 0 Å². The van der Waals surface area contributed by atoms with Crippen LogP contribution in [0.5, 0.6) is 11.5 Å². The number of aromatic nitrogens is 1. The number of ether oxygens (including phenoxy) is 2. The van der Waals surface area contributed by atoms with Crippen molar-refractivity contribution >= 4 is 17.6 Å². The number of para-hydroxylation sites is 1. The van der Waals surface area contributed by atoms with Gasteiger partial charge in [-0.1, -0.05) is 18.2 Å². The van der Waals surface area contributed by atoms with E-state index in [-0.39, 0.29) is 0 Å². The zero-order valence-corrected chi connectivity index (χ0v) is 14.7. The molecule has 0 aliphatic heterocycles. The van der Waals surface area contributed by atoms with Crippen LogP contribution < -0.4 is 10.1 Å². The van der Waals surface area contributed by atoms with Crippen molar-refractivity contribution in [2.24, 2.45) is 0 Å². The molecule has 0 unspecified atom stereocenters. The number of rotatable bonds is 6. The van der Waals surface area contributed by atoms with Crippen molar-refractivity contribution in [3.05, 3.63) is 84.7 Å². The van der Waals surface area contributed by atoms with Gasteiger partial charge in [0.05, 0.1) is 5.56 Å². The third-order valence-corrected chi connectivity index (χ3v) is 3.67. The van der Waals surface area contributed by atoms with Crippen LogP contribution in [0.2, 0.25) is 0 Å². The molecular formula is C21H18N2O4. The Labute approximate surface area is 156 Å². The van der Waals surface area contributed by atoms with Crippen molar-refractivity contribution in [3.63, 3.8) is 0 Å². The average molecular weight is 362 g/mol. The van der Waals surface area contributed by atoms with Crippen molar-refractivity contribution in [1.82, 2.24) is 4.98 Å². The fourth-order valence-corrected chi connectivity index (χ4v) is 2.24. The number of nitrogens with zero attached hydrogens (tertiary/aromatic N) is 1.